The molecule has 1 aromatic carbocycles. The van der Waals surface area contributed by atoms with Gasteiger partial charge in [0.15, 0.2) is 5.13 Å². The summed E-state index contributed by atoms with van der Waals surface area (Å²) < 4.78 is 5.43. The molecule has 3 rings (SSSR count). The number of hydrogen-bond donors (Lipinski definition) is 0. The number of aryl methyl sites for hydroxylation is 1. The van der Waals surface area contributed by atoms with Gasteiger partial charge in [0.25, 0.3) is 0 Å². The van der Waals surface area contributed by atoms with E-state index in [0.29, 0.717) is 0 Å². The highest BCUT2D eigenvalue weighted by atomic mass is 32.1. The van der Waals surface area contributed by atoms with Crippen LogP contribution in [0.15, 0.2) is 30.5 Å². The Hall–Kier alpha value is -1.59. The van der Waals surface area contributed by atoms with Crippen LogP contribution in [0.1, 0.15) is 10.4 Å². The van der Waals surface area contributed by atoms with Crippen molar-refractivity contribution in [3.8, 4) is 5.75 Å². The van der Waals surface area contributed by atoms with Gasteiger partial charge in [-0.1, -0.05) is 18.2 Å². The number of methoxy groups -OCH3 is 1. The van der Waals surface area contributed by atoms with E-state index in [1.807, 2.05) is 18.3 Å². The van der Waals surface area contributed by atoms with Crippen molar-refractivity contribution in [1.29, 1.82) is 0 Å². The summed E-state index contributed by atoms with van der Waals surface area (Å²) in [7, 11) is 1.74. The lowest BCUT2D eigenvalue weighted by Gasteiger charge is -2.34. The number of thiazole rings is 1. The maximum atomic E-state index is 5.43. The fourth-order valence-corrected chi connectivity index (χ4v) is 3.47. The Morgan fingerprint density at radius 2 is 1.95 bits per heavy atom. The van der Waals surface area contributed by atoms with Crippen molar-refractivity contribution in [2.75, 3.05) is 38.2 Å². The van der Waals surface area contributed by atoms with Crippen molar-refractivity contribution >= 4 is 16.5 Å². The molecule has 0 aliphatic carbocycles. The van der Waals surface area contributed by atoms with Gasteiger partial charge in [0, 0.05) is 49.4 Å². The first-order valence-corrected chi connectivity index (χ1v) is 8.09. The summed E-state index contributed by atoms with van der Waals surface area (Å²) >= 11 is 1.78. The molecule has 1 aromatic heterocycles. The average Bonchev–Trinajstić information content (AvgIpc) is 2.95. The largest absolute Gasteiger partial charge is 0.496 e. The summed E-state index contributed by atoms with van der Waals surface area (Å²) in [6.45, 7) is 7.28. The molecule has 0 N–H and O–H groups in total. The molecule has 1 aliphatic rings. The average molecular weight is 303 g/mol. The molecule has 1 saturated heterocycles. The minimum Gasteiger partial charge on any atom is -0.496 e. The number of ether oxygens (including phenoxy) is 1. The molecule has 112 valence electrons. The van der Waals surface area contributed by atoms with Crippen LogP contribution in [0.25, 0.3) is 0 Å². The van der Waals surface area contributed by atoms with Crippen LogP contribution in [-0.4, -0.2) is 43.2 Å². The maximum Gasteiger partial charge on any atom is 0.185 e. The van der Waals surface area contributed by atoms with Crippen LogP contribution < -0.4 is 9.64 Å². The van der Waals surface area contributed by atoms with Gasteiger partial charge in [-0.3, -0.25) is 4.90 Å². The summed E-state index contributed by atoms with van der Waals surface area (Å²) in [5.41, 5.74) is 1.26. The van der Waals surface area contributed by atoms with E-state index in [4.69, 9.17) is 4.74 Å². The fraction of sp³-hybridized carbons (Fsp3) is 0.438. The molecule has 0 unspecified atom stereocenters. The lowest BCUT2D eigenvalue weighted by Crippen LogP contribution is -2.45. The lowest BCUT2D eigenvalue weighted by molar-refractivity contribution is 0.246. The number of nitrogens with zero attached hydrogens (tertiary/aromatic N) is 3. The predicted molar refractivity (Wildman–Crippen MR) is 87.3 cm³/mol. The molecule has 0 saturated carbocycles. The number of para-hydroxylation sites is 1. The maximum absolute atomic E-state index is 5.43. The zero-order chi connectivity index (χ0) is 14.7. The summed E-state index contributed by atoms with van der Waals surface area (Å²) in [6.07, 6.45) is 1.96. The monoisotopic (exact) mass is 303 g/mol. The highest BCUT2D eigenvalue weighted by Gasteiger charge is 2.19. The zero-order valence-corrected chi connectivity index (χ0v) is 13.4. The van der Waals surface area contributed by atoms with E-state index in [1.54, 1.807) is 18.4 Å². The van der Waals surface area contributed by atoms with Gasteiger partial charge in [0.1, 0.15) is 5.75 Å². The molecular weight excluding hydrogens is 282 g/mol. The molecule has 0 radical (unpaired) electrons. The molecule has 2 aromatic rings. The molecular formula is C16H21N3OS. The predicted octanol–water partition coefficient (Wildman–Crippen LogP) is 2.78. The topological polar surface area (TPSA) is 28.6 Å². The number of piperazine rings is 1. The summed E-state index contributed by atoms with van der Waals surface area (Å²) in [5.74, 6) is 0.982. The second kappa shape index (κ2) is 6.45. The van der Waals surface area contributed by atoms with E-state index >= 15 is 0 Å². The molecule has 0 atom stereocenters. The van der Waals surface area contributed by atoms with Gasteiger partial charge >= 0.3 is 0 Å². The van der Waals surface area contributed by atoms with Crippen LogP contribution in [0.5, 0.6) is 5.75 Å². The van der Waals surface area contributed by atoms with Crippen LogP contribution >= 0.6 is 11.3 Å². The number of benzene rings is 1. The molecule has 2 heterocycles. The second-order valence-electron chi connectivity index (χ2n) is 5.33. The van der Waals surface area contributed by atoms with E-state index in [-0.39, 0.29) is 0 Å². The van der Waals surface area contributed by atoms with Crippen LogP contribution in [-0.2, 0) is 6.54 Å². The van der Waals surface area contributed by atoms with Crippen molar-refractivity contribution in [3.05, 3.63) is 40.9 Å². The highest BCUT2D eigenvalue weighted by molar-refractivity contribution is 7.15. The van der Waals surface area contributed by atoms with E-state index in [9.17, 15) is 0 Å². The van der Waals surface area contributed by atoms with Crippen molar-refractivity contribution in [2.24, 2.45) is 0 Å². The van der Waals surface area contributed by atoms with Crippen molar-refractivity contribution < 1.29 is 4.74 Å². The second-order valence-corrected chi connectivity index (χ2v) is 6.54. The number of rotatable bonds is 4. The van der Waals surface area contributed by atoms with E-state index in [1.165, 1.54) is 10.4 Å². The number of anilines is 1. The van der Waals surface area contributed by atoms with E-state index in [0.717, 1.165) is 43.6 Å². The van der Waals surface area contributed by atoms with Gasteiger partial charge in [-0.2, -0.15) is 0 Å². The number of aromatic nitrogens is 1. The smallest absolute Gasteiger partial charge is 0.185 e. The minimum atomic E-state index is 0.953. The quantitative estimate of drug-likeness (QED) is 0.868. The third-order valence-electron chi connectivity index (χ3n) is 3.84. The molecule has 1 aliphatic heterocycles. The molecule has 0 bridgehead atoms. The standard InChI is InChI=1S/C16H21N3OS/c1-13-11-17-16(21-13)19-9-7-18(8-10-19)12-14-5-3-4-6-15(14)20-2/h3-6,11H,7-10,12H2,1-2H3. The highest BCUT2D eigenvalue weighted by Crippen LogP contribution is 2.24. The first-order chi connectivity index (χ1) is 10.3. The van der Waals surface area contributed by atoms with Gasteiger partial charge in [-0.25, -0.2) is 4.98 Å². The van der Waals surface area contributed by atoms with Gasteiger partial charge in [-0.05, 0) is 13.0 Å². The fourth-order valence-electron chi connectivity index (χ4n) is 2.66. The van der Waals surface area contributed by atoms with Gasteiger partial charge in [0.2, 0.25) is 0 Å². The van der Waals surface area contributed by atoms with E-state index in [2.05, 4.69) is 33.8 Å². The Bertz CT molecular complexity index is 591. The molecule has 0 spiro atoms. The van der Waals surface area contributed by atoms with Crippen LogP contribution in [0, 0.1) is 6.92 Å². The van der Waals surface area contributed by atoms with Crippen LogP contribution in [0.3, 0.4) is 0 Å². The normalized spacial score (nSPS) is 16.2. The lowest BCUT2D eigenvalue weighted by atomic mass is 10.1. The summed E-state index contributed by atoms with van der Waals surface area (Å²) in [4.78, 5) is 10.6. The Balaban J connectivity index is 1.58. The van der Waals surface area contributed by atoms with Crippen LogP contribution in [0.4, 0.5) is 5.13 Å². The van der Waals surface area contributed by atoms with Crippen molar-refractivity contribution in [3.63, 3.8) is 0 Å². The van der Waals surface area contributed by atoms with Crippen molar-refractivity contribution in [2.45, 2.75) is 13.5 Å². The molecule has 0 amide bonds. The van der Waals surface area contributed by atoms with Gasteiger partial charge in [0.05, 0.1) is 7.11 Å². The SMILES string of the molecule is COc1ccccc1CN1CCN(c2ncc(C)s2)CC1. The van der Waals surface area contributed by atoms with Crippen LogP contribution in [0.2, 0.25) is 0 Å². The Morgan fingerprint density at radius 3 is 2.62 bits per heavy atom. The van der Waals surface area contributed by atoms with Gasteiger partial charge < -0.3 is 9.64 Å². The zero-order valence-electron chi connectivity index (χ0n) is 12.6. The first-order valence-electron chi connectivity index (χ1n) is 7.28. The minimum absolute atomic E-state index is 0.953. The Morgan fingerprint density at radius 1 is 1.19 bits per heavy atom. The third kappa shape index (κ3) is 3.36. The Labute approximate surface area is 130 Å². The summed E-state index contributed by atoms with van der Waals surface area (Å²) in [6, 6.07) is 8.27. The molecule has 1 fully saturated rings. The van der Waals surface area contributed by atoms with Gasteiger partial charge in [-0.15, -0.1) is 11.3 Å². The van der Waals surface area contributed by atoms with Crippen molar-refractivity contribution in [1.82, 2.24) is 9.88 Å². The molecule has 21 heavy (non-hydrogen) atoms. The third-order valence-corrected chi connectivity index (χ3v) is 4.81. The summed E-state index contributed by atoms with van der Waals surface area (Å²) in [5, 5.41) is 1.16. The Kier molecular flexibility index (Phi) is 4.41. The molecule has 5 heteroatoms. The van der Waals surface area contributed by atoms with E-state index < -0.39 is 0 Å². The first kappa shape index (κ1) is 14.4. The number of hydrogen-bond acceptors (Lipinski definition) is 5. The molecule has 4 nitrogen and oxygen atoms in total.